The fourth-order valence-corrected chi connectivity index (χ4v) is 4.18. The molecule has 0 bridgehead atoms. The minimum Gasteiger partial charge on any atom is -0.480 e. The number of carbonyl (C=O) groups is 1. The van der Waals surface area contributed by atoms with Crippen molar-refractivity contribution in [1.82, 2.24) is 10.2 Å². The number of carbonyl (C=O) groups excluding carboxylic acids is 1. The lowest BCUT2D eigenvalue weighted by Gasteiger charge is -2.35. The number of hydrogen-bond donors (Lipinski definition) is 1. The second-order valence-electron chi connectivity index (χ2n) is 8.54. The van der Waals surface area contributed by atoms with Crippen molar-refractivity contribution in [3.8, 4) is 11.8 Å². The summed E-state index contributed by atoms with van der Waals surface area (Å²) in [7, 11) is 0. The van der Waals surface area contributed by atoms with Crippen LogP contribution in [0.15, 0.2) is 48.5 Å². The number of nitrogens with one attached hydrogen (secondary N) is 1. The fraction of sp³-hybridized carbons (Fsp3) is 0.440. The Bertz CT molecular complexity index is 878. The minimum atomic E-state index is -0.679. The van der Waals surface area contributed by atoms with Crippen LogP contribution in [0.1, 0.15) is 43.9 Å². The third kappa shape index (κ3) is 6.08. The quantitative estimate of drug-likeness (QED) is 0.753. The molecule has 5 heteroatoms. The van der Waals surface area contributed by atoms with Crippen LogP contribution in [-0.4, -0.2) is 30.0 Å². The van der Waals surface area contributed by atoms with Crippen molar-refractivity contribution >= 4 is 5.91 Å². The topological polar surface area (TPSA) is 65.4 Å². The molecule has 1 saturated heterocycles. The summed E-state index contributed by atoms with van der Waals surface area (Å²) in [6.07, 6.45) is 0.640. The summed E-state index contributed by atoms with van der Waals surface area (Å²) in [5.41, 5.74) is 2.78. The Morgan fingerprint density at radius 2 is 1.77 bits per heavy atom. The highest BCUT2D eigenvalue weighted by Gasteiger charge is 2.21. The van der Waals surface area contributed by atoms with Crippen LogP contribution in [0.25, 0.3) is 0 Å². The van der Waals surface area contributed by atoms with Crippen molar-refractivity contribution in [3.63, 3.8) is 0 Å². The molecule has 1 aliphatic rings. The van der Waals surface area contributed by atoms with Gasteiger partial charge in [0.05, 0.1) is 5.56 Å². The number of amides is 1. The molecule has 3 unspecified atom stereocenters. The molecule has 1 N–H and O–H groups in total. The Kier molecular flexibility index (Phi) is 7.48. The smallest absolute Gasteiger partial charge is 0.261 e. The molecule has 0 saturated carbocycles. The lowest BCUT2D eigenvalue weighted by atomic mass is 9.91. The number of piperidine rings is 1. The van der Waals surface area contributed by atoms with Crippen LogP contribution in [0.3, 0.4) is 0 Å². The van der Waals surface area contributed by atoms with E-state index in [-0.39, 0.29) is 5.91 Å². The number of nitriles is 1. The average Bonchev–Trinajstić information content (AvgIpc) is 2.72. The zero-order valence-electron chi connectivity index (χ0n) is 18.1. The second kappa shape index (κ2) is 10.3. The summed E-state index contributed by atoms with van der Waals surface area (Å²) < 4.78 is 5.67. The summed E-state index contributed by atoms with van der Waals surface area (Å²) >= 11 is 0. The van der Waals surface area contributed by atoms with E-state index in [1.165, 1.54) is 12.0 Å². The number of nitrogens with zero attached hydrogens (tertiary/aromatic N) is 2. The van der Waals surface area contributed by atoms with Gasteiger partial charge in [0, 0.05) is 26.2 Å². The van der Waals surface area contributed by atoms with Crippen LogP contribution >= 0.6 is 0 Å². The molecule has 3 rings (SSSR count). The van der Waals surface area contributed by atoms with Crippen LogP contribution in [0.5, 0.6) is 5.75 Å². The Hall–Kier alpha value is -2.84. The standard InChI is InChI=1S/C25H31N3O2/c1-18-12-19(2)16-28(15-18)17-22-10-8-21(9-11-22)14-27-25(29)20(3)30-24-7-5-4-6-23(24)13-26/h4-11,18-20H,12,14-17H2,1-3H3,(H,27,29). The lowest BCUT2D eigenvalue weighted by Crippen LogP contribution is -2.38. The molecule has 0 aromatic heterocycles. The third-order valence-electron chi connectivity index (χ3n) is 5.52. The van der Waals surface area contributed by atoms with E-state index in [1.54, 1.807) is 31.2 Å². The third-order valence-corrected chi connectivity index (χ3v) is 5.52. The summed E-state index contributed by atoms with van der Waals surface area (Å²) in [6.45, 7) is 10.1. The largest absolute Gasteiger partial charge is 0.480 e. The molecular formula is C25H31N3O2. The summed E-state index contributed by atoms with van der Waals surface area (Å²) in [5.74, 6) is 1.73. The van der Waals surface area contributed by atoms with Gasteiger partial charge in [-0.1, -0.05) is 50.2 Å². The molecule has 1 fully saturated rings. The number of benzene rings is 2. The van der Waals surface area contributed by atoms with E-state index in [0.717, 1.165) is 37.0 Å². The van der Waals surface area contributed by atoms with Crippen LogP contribution in [0, 0.1) is 23.2 Å². The van der Waals surface area contributed by atoms with Gasteiger partial charge in [-0.25, -0.2) is 0 Å². The van der Waals surface area contributed by atoms with E-state index < -0.39 is 6.10 Å². The SMILES string of the molecule is CC1CC(C)CN(Cc2ccc(CNC(=O)C(C)Oc3ccccc3C#N)cc2)C1. The molecule has 1 heterocycles. The highest BCUT2D eigenvalue weighted by atomic mass is 16.5. The van der Waals surface area contributed by atoms with E-state index >= 15 is 0 Å². The van der Waals surface area contributed by atoms with Gasteiger partial charge >= 0.3 is 0 Å². The van der Waals surface area contributed by atoms with Crippen molar-refractivity contribution in [2.24, 2.45) is 11.8 Å². The first-order valence-corrected chi connectivity index (χ1v) is 10.7. The van der Waals surface area contributed by atoms with Gasteiger partial charge in [-0.15, -0.1) is 0 Å². The van der Waals surface area contributed by atoms with Crippen LogP contribution < -0.4 is 10.1 Å². The first kappa shape index (κ1) is 21.9. The molecule has 2 aromatic rings. The van der Waals surface area contributed by atoms with Gasteiger partial charge in [0.25, 0.3) is 5.91 Å². The van der Waals surface area contributed by atoms with Crippen LogP contribution in [0.4, 0.5) is 0 Å². The van der Waals surface area contributed by atoms with E-state index in [1.807, 2.05) is 0 Å². The van der Waals surface area contributed by atoms with Gasteiger partial charge in [0.1, 0.15) is 11.8 Å². The molecule has 0 spiro atoms. The predicted molar refractivity (Wildman–Crippen MR) is 118 cm³/mol. The van der Waals surface area contributed by atoms with Gasteiger partial charge in [-0.2, -0.15) is 5.26 Å². The van der Waals surface area contributed by atoms with E-state index in [2.05, 4.69) is 54.4 Å². The van der Waals surface area contributed by atoms with Crippen molar-refractivity contribution in [2.45, 2.75) is 46.4 Å². The predicted octanol–water partition coefficient (Wildman–Crippen LogP) is 4.12. The summed E-state index contributed by atoms with van der Waals surface area (Å²) in [4.78, 5) is 14.9. The zero-order valence-corrected chi connectivity index (χ0v) is 18.1. The highest BCUT2D eigenvalue weighted by molar-refractivity contribution is 5.80. The van der Waals surface area contributed by atoms with Crippen LogP contribution in [-0.2, 0) is 17.9 Å². The van der Waals surface area contributed by atoms with Crippen molar-refractivity contribution in [1.29, 1.82) is 5.26 Å². The van der Waals surface area contributed by atoms with Crippen molar-refractivity contribution in [3.05, 3.63) is 65.2 Å². The Balaban J connectivity index is 1.48. The molecule has 1 aliphatic heterocycles. The highest BCUT2D eigenvalue weighted by Crippen LogP contribution is 2.22. The molecule has 0 aliphatic carbocycles. The number of ether oxygens (including phenoxy) is 1. The molecule has 5 nitrogen and oxygen atoms in total. The monoisotopic (exact) mass is 405 g/mol. The molecule has 3 atom stereocenters. The summed E-state index contributed by atoms with van der Waals surface area (Å²) in [6, 6.07) is 17.4. The minimum absolute atomic E-state index is 0.205. The van der Waals surface area contributed by atoms with Gasteiger partial charge < -0.3 is 10.1 Å². The maximum absolute atomic E-state index is 12.4. The van der Waals surface area contributed by atoms with Crippen LogP contribution in [0.2, 0.25) is 0 Å². The molecule has 0 radical (unpaired) electrons. The molecule has 2 aromatic carbocycles. The number of rotatable bonds is 7. The molecule has 1 amide bonds. The second-order valence-corrected chi connectivity index (χ2v) is 8.54. The number of hydrogen-bond acceptors (Lipinski definition) is 4. The van der Waals surface area contributed by atoms with Crippen molar-refractivity contribution in [2.75, 3.05) is 13.1 Å². The fourth-order valence-electron chi connectivity index (χ4n) is 4.18. The van der Waals surface area contributed by atoms with Crippen molar-refractivity contribution < 1.29 is 9.53 Å². The average molecular weight is 406 g/mol. The van der Waals surface area contributed by atoms with Gasteiger partial charge in [-0.3, -0.25) is 9.69 Å². The zero-order chi connectivity index (χ0) is 21.5. The van der Waals surface area contributed by atoms with Gasteiger partial charge in [-0.05, 0) is 48.4 Å². The number of likely N-dealkylation sites (tertiary alicyclic amines) is 1. The van der Waals surface area contributed by atoms with Gasteiger partial charge in [0.2, 0.25) is 0 Å². The van der Waals surface area contributed by atoms with E-state index in [0.29, 0.717) is 17.9 Å². The Labute approximate surface area is 179 Å². The van der Waals surface area contributed by atoms with E-state index in [9.17, 15) is 4.79 Å². The Morgan fingerprint density at radius 3 is 2.43 bits per heavy atom. The Morgan fingerprint density at radius 1 is 1.13 bits per heavy atom. The first-order chi connectivity index (χ1) is 14.4. The maximum Gasteiger partial charge on any atom is 0.261 e. The molecule has 158 valence electrons. The van der Waals surface area contributed by atoms with Gasteiger partial charge in [0.15, 0.2) is 6.10 Å². The normalized spacial score (nSPS) is 20.2. The summed E-state index contributed by atoms with van der Waals surface area (Å²) in [5, 5.41) is 12.1. The van der Waals surface area contributed by atoms with E-state index in [4.69, 9.17) is 10.00 Å². The molecule has 30 heavy (non-hydrogen) atoms. The molecular weight excluding hydrogens is 374 g/mol. The lowest BCUT2D eigenvalue weighted by molar-refractivity contribution is -0.127. The maximum atomic E-state index is 12.4. The number of para-hydroxylation sites is 1. The first-order valence-electron chi connectivity index (χ1n) is 10.7.